The summed E-state index contributed by atoms with van der Waals surface area (Å²) in [6.45, 7) is 3.83. The standard InChI is InChI=1S/C11H17ClN2O2S/c1-3-9(7-13)14-17(15,16)11-6-4-5-10(12)8(11)2/h4-6,9,14H,3,7,13H2,1-2H3. The molecular formula is C11H17ClN2O2S. The van der Waals surface area contributed by atoms with Crippen molar-refractivity contribution in [3.63, 3.8) is 0 Å². The van der Waals surface area contributed by atoms with Gasteiger partial charge in [-0.15, -0.1) is 0 Å². The second-order valence-corrected chi connectivity index (χ2v) is 5.91. The van der Waals surface area contributed by atoms with Crippen molar-refractivity contribution in [1.82, 2.24) is 4.72 Å². The van der Waals surface area contributed by atoms with Crippen LogP contribution in [0.15, 0.2) is 23.1 Å². The Morgan fingerprint density at radius 1 is 1.47 bits per heavy atom. The van der Waals surface area contributed by atoms with Crippen molar-refractivity contribution >= 4 is 21.6 Å². The van der Waals surface area contributed by atoms with Crippen LogP contribution < -0.4 is 10.5 Å². The van der Waals surface area contributed by atoms with Crippen LogP contribution in [0.25, 0.3) is 0 Å². The zero-order valence-corrected chi connectivity index (χ0v) is 11.5. The number of halogens is 1. The van der Waals surface area contributed by atoms with E-state index in [1.165, 1.54) is 6.07 Å². The van der Waals surface area contributed by atoms with Crippen LogP contribution in [0, 0.1) is 6.92 Å². The third kappa shape index (κ3) is 3.42. The SMILES string of the molecule is CCC(CN)NS(=O)(=O)c1cccc(Cl)c1C. The van der Waals surface area contributed by atoms with Gasteiger partial charge in [-0.2, -0.15) is 0 Å². The lowest BCUT2D eigenvalue weighted by molar-refractivity contribution is 0.542. The van der Waals surface area contributed by atoms with Crippen LogP contribution in [0.3, 0.4) is 0 Å². The molecule has 0 aliphatic carbocycles. The van der Waals surface area contributed by atoms with Crippen molar-refractivity contribution < 1.29 is 8.42 Å². The first-order valence-corrected chi connectivity index (χ1v) is 7.26. The lowest BCUT2D eigenvalue weighted by atomic mass is 10.2. The summed E-state index contributed by atoms with van der Waals surface area (Å²) in [5.41, 5.74) is 6.03. The minimum atomic E-state index is -3.55. The fraction of sp³-hybridized carbons (Fsp3) is 0.455. The van der Waals surface area contributed by atoms with Gasteiger partial charge in [0.2, 0.25) is 10.0 Å². The van der Waals surface area contributed by atoms with Gasteiger partial charge in [0, 0.05) is 17.6 Å². The molecule has 0 spiro atoms. The number of benzene rings is 1. The molecule has 0 amide bonds. The molecule has 96 valence electrons. The zero-order valence-electron chi connectivity index (χ0n) is 9.90. The molecule has 0 bridgehead atoms. The summed E-state index contributed by atoms with van der Waals surface area (Å²) in [5, 5.41) is 0.439. The molecule has 0 radical (unpaired) electrons. The fourth-order valence-corrected chi connectivity index (χ4v) is 3.29. The maximum atomic E-state index is 12.1. The highest BCUT2D eigenvalue weighted by atomic mass is 35.5. The van der Waals surface area contributed by atoms with Gasteiger partial charge in [-0.25, -0.2) is 13.1 Å². The number of rotatable bonds is 5. The number of sulfonamides is 1. The Kier molecular flexibility index (Phi) is 4.94. The lowest BCUT2D eigenvalue weighted by Crippen LogP contribution is -2.39. The van der Waals surface area contributed by atoms with Gasteiger partial charge in [0.1, 0.15) is 0 Å². The molecule has 17 heavy (non-hydrogen) atoms. The first-order valence-electron chi connectivity index (χ1n) is 5.40. The van der Waals surface area contributed by atoms with E-state index in [4.69, 9.17) is 17.3 Å². The van der Waals surface area contributed by atoms with E-state index in [2.05, 4.69) is 4.72 Å². The van der Waals surface area contributed by atoms with Crippen molar-refractivity contribution in [2.24, 2.45) is 5.73 Å². The van der Waals surface area contributed by atoms with Gasteiger partial charge in [0.25, 0.3) is 0 Å². The van der Waals surface area contributed by atoms with Crippen LogP contribution in [0.5, 0.6) is 0 Å². The van der Waals surface area contributed by atoms with E-state index in [1.54, 1.807) is 19.1 Å². The van der Waals surface area contributed by atoms with Crippen molar-refractivity contribution in [2.75, 3.05) is 6.54 Å². The average molecular weight is 277 g/mol. The molecule has 0 saturated carbocycles. The summed E-state index contributed by atoms with van der Waals surface area (Å²) in [4.78, 5) is 0.205. The van der Waals surface area contributed by atoms with Gasteiger partial charge in [0.05, 0.1) is 4.90 Å². The normalized spacial score (nSPS) is 13.6. The summed E-state index contributed by atoms with van der Waals surface area (Å²) in [6, 6.07) is 4.56. The van der Waals surface area contributed by atoms with E-state index in [0.717, 1.165) is 0 Å². The molecule has 0 fully saturated rings. The molecule has 1 atom stereocenters. The minimum absolute atomic E-state index is 0.205. The van der Waals surface area contributed by atoms with Crippen molar-refractivity contribution in [2.45, 2.75) is 31.2 Å². The van der Waals surface area contributed by atoms with Crippen LogP contribution >= 0.6 is 11.6 Å². The maximum absolute atomic E-state index is 12.1. The van der Waals surface area contributed by atoms with E-state index < -0.39 is 10.0 Å². The molecule has 4 nitrogen and oxygen atoms in total. The van der Waals surface area contributed by atoms with E-state index in [-0.39, 0.29) is 17.5 Å². The molecule has 0 aliphatic rings. The van der Waals surface area contributed by atoms with E-state index in [9.17, 15) is 8.42 Å². The Balaban J connectivity index is 3.09. The van der Waals surface area contributed by atoms with Gasteiger partial charge in [-0.1, -0.05) is 24.6 Å². The van der Waals surface area contributed by atoms with Crippen LogP contribution in [-0.4, -0.2) is 21.0 Å². The van der Waals surface area contributed by atoms with Gasteiger partial charge in [0.15, 0.2) is 0 Å². The van der Waals surface area contributed by atoms with Crippen LogP contribution in [0.4, 0.5) is 0 Å². The molecule has 1 unspecified atom stereocenters. The molecule has 1 aromatic carbocycles. The largest absolute Gasteiger partial charge is 0.329 e. The number of nitrogens with two attached hydrogens (primary N) is 1. The molecular weight excluding hydrogens is 260 g/mol. The van der Waals surface area contributed by atoms with Gasteiger partial charge < -0.3 is 5.73 Å². The van der Waals surface area contributed by atoms with Crippen molar-refractivity contribution in [1.29, 1.82) is 0 Å². The van der Waals surface area contributed by atoms with E-state index >= 15 is 0 Å². The first-order chi connectivity index (χ1) is 7.92. The molecule has 1 aromatic rings. The first kappa shape index (κ1) is 14.4. The van der Waals surface area contributed by atoms with Crippen molar-refractivity contribution in [3.8, 4) is 0 Å². The number of hydrogen-bond donors (Lipinski definition) is 2. The summed E-state index contributed by atoms with van der Waals surface area (Å²) >= 11 is 5.91. The van der Waals surface area contributed by atoms with Crippen LogP contribution in [0.2, 0.25) is 5.02 Å². The predicted octanol–water partition coefficient (Wildman–Crippen LogP) is 1.66. The highest BCUT2D eigenvalue weighted by molar-refractivity contribution is 7.89. The molecule has 0 aromatic heterocycles. The highest BCUT2D eigenvalue weighted by Crippen LogP contribution is 2.22. The fourth-order valence-electron chi connectivity index (χ4n) is 1.46. The lowest BCUT2D eigenvalue weighted by Gasteiger charge is -2.16. The molecule has 3 N–H and O–H groups in total. The van der Waals surface area contributed by atoms with Crippen LogP contribution in [-0.2, 0) is 10.0 Å². The van der Waals surface area contributed by atoms with E-state index in [0.29, 0.717) is 17.0 Å². The third-order valence-corrected chi connectivity index (χ3v) is 4.68. The Morgan fingerprint density at radius 2 is 2.12 bits per heavy atom. The quantitative estimate of drug-likeness (QED) is 0.859. The number of hydrogen-bond acceptors (Lipinski definition) is 3. The Bertz CT molecular complexity index is 484. The summed E-state index contributed by atoms with van der Waals surface area (Å²) < 4.78 is 26.8. The van der Waals surface area contributed by atoms with Crippen LogP contribution in [0.1, 0.15) is 18.9 Å². The maximum Gasteiger partial charge on any atom is 0.241 e. The third-order valence-electron chi connectivity index (χ3n) is 2.61. The Hall–Kier alpha value is -0.620. The summed E-state index contributed by atoms with van der Waals surface area (Å²) in [6.07, 6.45) is 0.648. The number of nitrogens with one attached hydrogen (secondary N) is 1. The smallest absolute Gasteiger partial charge is 0.241 e. The highest BCUT2D eigenvalue weighted by Gasteiger charge is 2.20. The molecule has 6 heteroatoms. The summed E-state index contributed by atoms with van der Waals surface area (Å²) in [5.74, 6) is 0. The average Bonchev–Trinajstić information content (AvgIpc) is 2.29. The predicted molar refractivity (Wildman–Crippen MR) is 69.6 cm³/mol. The molecule has 0 saturated heterocycles. The second kappa shape index (κ2) is 5.82. The van der Waals surface area contributed by atoms with Gasteiger partial charge in [-0.05, 0) is 31.0 Å². The Morgan fingerprint density at radius 3 is 2.65 bits per heavy atom. The minimum Gasteiger partial charge on any atom is -0.329 e. The second-order valence-electron chi connectivity index (χ2n) is 3.83. The topological polar surface area (TPSA) is 72.2 Å². The molecule has 1 rings (SSSR count). The monoisotopic (exact) mass is 276 g/mol. The van der Waals surface area contributed by atoms with Gasteiger partial charge >= 0.3 is 0 Å². The zero-order chi connectivity index (χ0) is 13.1. The Labute approximate surface area is 107 Å². The molecule has 0 aliphatic heterocycles. The van der Waals surface area contributed by atoms with Gasteiger partial charge in [-0.3, -0.25) is 0 Å². The summed E-state index contributed by atoms with van der Waals surface area (Å²) in [7, 11) is -3.55. The molecule has 0 heterocycles. The van der Waals surface area contributed by atoms with E-state index in [1.807, 2.05) is 6.92 Å². The van der Waals surface area contributed by atoms with Crippen molar-refractivity contribution in [3.05, 3.63) is 28.8 Å².